The SMILES string of the molecule is CCc1c(C)nc2c(Cl)c(Cl)ccc2c1N. The first-order valence-corrected chi connectivity index (χ1v) is 5.84. The fourth-order valence-corrected chi connectivity index (χ4v) is 2.27. The summed E-state index contributed by atoms with van der Waals surface area (Å²) in [4.78, 5) is 4.47. The Balaban J connectivity index is 2.92. The molecular weight excluding hydrogens is 243 g/mol. The van der Waals surface area contributed by atoms with Crippen LogP contribution in [0.1, 0.15) is 18.2 Å². The third kappa shape index (κ3) is 1.62. The molecule has 0 radical (unpaired) electrons. The number of nitrogens with two attached hydrogens (primary N) is 1. The Hall–Kier alpha value is -0.990. The van der Waals surface area contributed by atoms with Crippen LogP contribution in [0.4, 0.5) is 5.69 Å². The monoisotopic (exact) mass is 254 g/mol. The Bertz CT molecular complexity index is 565. The minimum Gasteiger partial charge on any atom is -0.398 e. The first-order chi connectivity index (χ1) is 7.56. The van der Waals surface area contributed by atoms with Crippen LogP contribution in [0, 0.1) is 6.92 Å². The van der Waals surface area contributed by atoms with Crippen LogP contribution in [-0.2, 0) is 6.42 Å². The van der Waals surface area contributed by atoms with Gasteiger partial charge < -0.3 is 5.73 Å². The van der Waals surface area contributed by atoms with Crippen LogP contribution in [0.5, 0.6) is 0 Å². The number of halogens is 2. The van der Waals surface area contributed by atoms with Gasteiger partial charge in [0.15, 0.2) is 0 Å². The highest BCUT2D eigenvalue weighted by Gasteiger charge is 2.12. The van der Waals surface area contributed by atoms with Gasteiger partial charge in [0.2, 0.25) is 0 Å². The van der Waals surface area contributed by atoms with E-state index < -0.39 is 0 Å². The highest BCUT2D eigenvalue weighted by molar-refractivity contribution is 6.45. The molecule has 2 nitrogen and oxygen atoms in total. The van der Waals surface area contributed by atoms with Crippen molar-refractivity contribution in [2.75, 3.05) is 5.73 Å². The van der Waals surface area contributed by atoms with Crippen LogP contribution in [0.3, 0.4) is 0 Å². The van der Waals surface area contributed by atoms with Gasteiger partial charge in [0.25, 0.3) is 0 Å². The lowest BCUT2D eigenvalue weighted by Crippen LogP contribution is -2.00. The molecule has 16 heavy (non-hydrogen) atoms. The number of anilines is 1. The van der Waals surface area contributed by atoms with Gasteiger partial charge in [-0.15, -0.1) is 0 Å². The van der Waals surface area contributed by atoms with E-state index in [0.717, 1.165) is 28.8 Å². The normalized spacial score (nSPS) is 11.0. The number of nitrogens with zero attached hydrogens (tertiary/aromatic N) is 1. The lowest BCUT2D eigenvalue weighted by molar-refractivity contribution is 1.07. The Kier molecular flexibility index (Phi) is 2.96. The van der Waals surface area contributed by atoms with Crippen molar-refractivity contribution in [1.82, 2.24) is 4.98 Å². The summed E-state index contributed by atoms with van der Waals surface area (Å²) in [5.41, 5.74) is 9.53. The van der Waals surface area contributed by atoms with Gasteiger partial charge in [-0.05, 0) is 31.0 Å². The van der Waals surface area contributed by atoms with Gasteiger partial charge in [0.05, 0.1) is 15.6 Å². The van der Waals surface area contributed by atoms with Gasteiger partial charge in [-0.2, -0.15) is 0 Å². The summed E-state index contributed by atoms with van der Waals surface area (Å²) in [6, 6.07) is 3.61. The van der Waals surface area contributed by atoms with Crippen molar-refractivity contribution in [3.8, 4) is 0 Å². The molecule has 0 atom stereocenters. The molecule has 0 aliphatic rings. The average molecular weight is 255 g/mol. The van der Waals surface area contributed by atoms with Gasteiger partial charge in [0.1, 0.15) is 0 Å². The van der Waals surface area contributed by atoms with Crippen LogP contribution in [0.2, 0.25) is 10.0 Å². The molecule has 0 saturated carbocycles. The second kappa shape index (κ2) is 4.11. The van der Waals surface area contributed by atoms with E-state index in [-0.39, 0.29) is 0 Å². The Morgan fingerprint density at radius 3 is 2.62 bits per heavy atom. The predicted molar refractivity (Wildman–Crippen MR) is 70.3 cm³/mol. The zero-order valence-electron chi connectivity index (χ0n) is 9.14. The molecule has 4 heteroatoms. The van der Waals surface area contributed by atoms with E-state index in [0.29, 0.717) is 15.6 Å². The molecule has 0 saturated heterocycles. The molecule has 0 aliphatic heterocycles. The summed E-state index contributed by atoms with van der Waals surface area (Å²) in [7, 11) is 0. The number of aryl methyl sites for hydroxylation is 1. The first-order valence-electron chi connectivity index (χ1n) is 5.09. The molecule has 0 fully saturated rings. The van der Waals surface area contributed by atoms with Crippen LogP contribution >= 0.6 is 23.2 Å². The molecule has 1 aromatic heterocycles. The van der Waals surface area contributed by atoms with E-state index in [1.165, 1.54) is 0 Å². The number of rotatable bonds is 1. The number of aromatic nitrogens is 1. The molecule has 84 valence electrons. The van der Waals surface area contributed by atoms with Crippen LogP contribution in [-0.4, -0.2) is 4.98 Å². The second-order valence-corrected chi connectivity index (χ2v) is 4.49. The smallest absolute Gasteiger partial charge is 0.0927 e. The molecule has 0 aliphatic carbocycles. The highest BCUT2D eigenvalue weighted by Crippen LogP contribution is 2.34. The van der Waals surface area contributed by atoms with Crippen molar-refractivity contribution in [3.63, 3.8) is 0 Å². The van der Waals surface area contributed by atoms with Crippen molar-refractivity contribution < 1.29 is 0 Å². The second-order valence-electron chi connectivity index (χ2n) is 3.70. The summed E-state index contributed by atoms with van der Waals surface area (Å²) in [5.74, 6) is 0. The number of hydrogen-bond acceptors (Lipinski definition) is 2. The van der Waals surface area contributed by atoms with E-state index in [1.807, 2.05) is 13.0 Å². The molecule has 2 N–H and O–H groups in total. The zero-order chi connectivity index (χ0) is 11.9. The van der Waals surface area contributed by atoms with Crippen molar-refractivity contribution in [3.05, 3.63) is 33.4 Å². The van der Waals surface area contributed by atoms with E-state index in [9.17, 15) is 0 Å². The molecule has 1 heterocycles. The third-order valence-electron chi connectivity index (χ3n) is 2.75. The van der Waals surface area contributed by atoms with Crippen LogP contribution < -0.4 is 5.73 Å². The Morgan fingerprint density at radius 2 is 2.00 bits per heavy atom. The number of benzene rings is 1. The third-order valence-corrected chi connectivity index (χ3v) is 3.55. The molecule has 0 unspecified atom stereocenters. The molecule has 0 bridgehead atoms. The maximum Gasteiger partial charge on any atom is 0.0927 e. The fraction of sp³-hybridized carbons (Fsp3) is 0.250. The van der Waals surface area contributed by atoms with Crippen molar-refractivity contribution in [2.45, 2.75) is 20.3 Å². The van der Waals surface area contributed by atoms with E-state index in [1.54, 1.807) is 6.07 Å². The lowest BCUT2D eigenvalue weighted by Gasteiger charge is -2.11. The molecule has 0 spiro atoms. The minimum absolute atomic E-state index is 0.469. The van der Waals surface area contributed by atoms with Gasteiger partial charge in [-0.3, -0.25) is 4.98 Å². The van der Waals surface area contributed by atoms with Crippen molar-refractivity contribution >= 4 is 39.8 Å². The standard InChI is InChI=1S/C12H12Cl2N2/c1-3-7-6(2)16-12-8(11(7)15)4-5-9(13)10(12)14/h4-5H,3H2,1-2H3,(H2,15,16). The largest absolute Gasteiger partial charge is 0.398 e. The summed E-state index contributed by atoms with van der Waals surface area (Å²) in [6.45, 7) is 4.00. The molecule has 0 amide bonds. The Morgan fingerprint density at radius 1 is 1.31 bits per heavy atom. The van der Waals surface area contributed by atoms with Gasteiger partial charge in [0, 0.05) is 16.8 Å². The quantitative estimate of drug-likeness (QED) is 0.836. The van der Waals surface area contributed by atoms with E-state index in [4.69, 9.17) is 28.9 Å². The maximum absolute atomic E-state index is 6.12. The van der Waals surface area contributed by atoms with Gasteiger partial charge in [-0.1, -0.05) is 30.1 Å². The number of nitrogen functional groups attached to an aromatic ring is 1. The zero-order valence-corrected chi connectivity index (χ0v) is 10.7. The maximum atomic E-state index is 6.12. The van der Waals surface area contributed by atoms with E-state index in [2.05, 4.69) is 11.9 Å². The van der Waals surface area contributed by atoms with Crippen molar-refractivity contribution in [2.24, 2.45) is 0 Å². The minimum atomic E-state index is 0.469. The van der Waals surface area contributed by atoms with Crippen LogP contribution in [0.15, 0.2) is 12.1 Å². The molecular formula is C12H12Cl2N2. The number of fused-ring (bicyclic) bond motifs is 1. The first kappa shape index (κ1) is 11.5. The van der Waals surface area contributed by atoms with Crippen LogP contribution in [0.25, 0.3) is 10.9 Å². The topological polar surface area (TPSA) is 38.9 Å². The summed E-state index contributed by atoms with van der Waals surface area (Å²) in [5, 5.41) is 1.85. The van der Waals surface area contributed by atoms with Gasteiger partial charge in [-0.25, -0.2) is 0 Å². The molecule has 1 aromatic carbocycles. The van der Waals surface area contributed by atoms with E-state index >= 15 is 0 Å². The average Bonchev–Trinajstić information content (AvgIpc) is 2.25. The summed E-state index contributed by atoms with van der Waals surface area (Å²) in [6.07, 6.45) is 0.862. The molecule has 2 aromatic rings. The molecule has 2 rings (SSSR count). The number of pyridine rings is 1. The predicted octanol–water partition coefficient (Wildman–Crippen LogP) is 3.99. The Labute approximate surface area is 104 Å². The summed E-state index contributed by atoms with van der Waals surface area (Å²) < 4.78 is 0. The highest BCUT2D eigenvalue weighted by atomic mass is 35.5. The number of hydrogen-bond donors (Lipinski definition) is 1. The van der Waals surface area contributed by atoms with Gasteiger partial charge >= 0.3 is 0 Å². The lowest BCUT2D eigenvalue weighted by atomic mass is 10.0. The van der Waals surface area contributed by atoms with Crippen molar-refractivity contribution in [1.29, 1.82) is 0 Å². The fourth-order valence-electron chi connectivity index (χ4n) is 1.91. The summed E-state index contributed by atoms with van der Waals surface area (Å²) >= 11 is 12.1.